The molecular weight excluding hydrogens is 432 g/mol. The van der Waals surface area contributed by atoms with E-state index in [9.17, 15) is 14.7 Å². The quantitative estimate of drug-likeness (QED) is 0.421. The molecule has 34 heavy (non-hydrogen) atoms. The number of nitrogens with zero attached hydrogens (tertiary/aromatic N) is 1. The third-order valence-electron chi connectivity index (χ3n) is 5.20. The average molecular weight is 463 g/mol. The summed E-state index contributed by atoms with van der Waals surface area (Å²) in [6, 6.07) is 27.8. The number of hydrogen-bond donors (Lipinski definition) is 2. The largest absolute Gasteiger partial charge is 0.443 e. The van der Waals surface area contributed by atoms with Crippen LogP contribution in [0.3, 0.4) is 0 Å². The molecule has 0 fully saturated rings. The molecule has 3 aromatic carbocycles. The van der Waals surface area contributed by atoms with Crippen molar-refractivity contribution in [2.75, 3.05) is 6.61 Å². The van der Waals surface area contributed by atoms with E-state index < -0.39 is 18.2 Å². The van der Waals surface area contributed by atoms with Crippen molar-refractivity contribution in [3.8, 4) is 0 Å². The molecule has 0 saturated heterocycles. The van der Waals surface area contributed by atoms with Crippen LogP contribution >= 0.6 is 0 Å². The number of hydrogen-bond acceptors (Lipinski definition) is 5. The van der Waals surface area contributed by atoms with Gasteiger partial charge >= 0.3 is 12.2 Å². The first-order valence-corrected chi connectivity index (χ1v) is 11.3. The van der Waals surface area contributed by atoms with Crippen LogP contribution in [0.4, 0.5) is 9.59 Å². The van der Waals surface area contributed by atoms with Crippen molar-refractivity contribution in [3.05, 3.63) is 108 Å². The Bertz CT molecular complexity index is 999. The van der Waals surface area contributed by atoms with Gasteiger partial charge in [0.15, 0.2) is 0 Å². The predicted molar refractivity (Wildman–Crippen MR) is 128 cm³/mol. The lowest BCUT2D eigenvalue weighted by Gasteiger charge is -2.31. The summed E-state index contributed by atoms with van der Waals surface area (Å²) in [6.45, 7) is 0.102. The summed E-state index contributed by atoms with van der Waals surface area (Å²) in [5.74, 6) is 0. The van der Waals surface area contributed by atoms with Gasteiger partial charge in [0.1, 0.15) is 13.2 Å². The van der Waals surface area contributed by atoms with Gasteiger partial charge in [-0.25, -0.2) is 20.0 Å². The number of nitrogens with one attached hydrogen (secondary N) is 1. The number of amides is 2. The molecule has 0 aromatic heterocycles. The third-order valence-corrected chi connectivity index (χ3v) is 5.20. The molecule has 0 aliphatic carbocycles. The van der Waals surface area contributed by atoms with E-state index >= 15 is 0 Å². The zero-order valence-electron chi connectivity index (χ0n) is 19.0. The molecule has 178 valence electrons. The molecule has 7 nitrogen and oxygen atoms in total. The molecule has 3 aromatic rings. The van der Waals surface area contributed by atoms with Crippen LogP contribution in [0.25, 0.3) is 0 Å². The van der Waals surface area contributed by atoms with Crippen LogP contribution in [0.15, 0.2) is 91.0 Å². The Morgan fingerprint density at radius 3 is 1.79 bits per heavy atom. The van der Waals surface area contributed by atoms with E-state index in [0.717, 1.165) is 16.7 Å². The Morgan fingerprint density at radius 1 is 0.765 bits per heavy atom. The Kier molecular flexibility index (Phi) is 9.95. The first kappa shape index (κ1) is 24.8. The van der Waals surface area contributed by atoms with Crippen LogP contribution in [0.1, 0.15) is 29.5 Å². The van der Waals surface area contributed by atoms with Crippen LogP contribution in [-0.4, -0.2) is 35.0 Å². The van der Waals surface area contributed by atoms with Crippen molar-refractivity contribution < 1.29 is 24.2 Å². The second-order valence-electron chi connectivity index (χ2n) is 7.79. The summed E-state index contributed by atoms with van der Waals surface area (Å²) in [5.41, 5.74) is 5.22. The Hall–Kier alpha value is -3.84. The van der Waals surface area contributed by atoms with E-state index in [1.807, 2.05) is 91.0 Å². The Labute approximate surface area is 199 Å². The fraction of sp³-hybridized carbons (Fsp3) is 0.259. The summed E-state index contributed by atoms with van der Waals surface area (Å²) < 4.78 is 10.8. The van der Waals surface area contributed by atoms with Crippen molar-refractivity contribution in [1.29, 1.82) is 0 Å². The molecule has 2 N–H and O–H groups in total. The van der Waals surface area contributed by atoms with E-state index in [4.69, 9.17) is 9.47 Å². The third kappa shape index (κ3) is 8.26. The Balaban J connectivity index is 1.73. The normalized spacial score (nSPS) is 11.3. The smallest absolute Gasteiger partial charge is 0.429 e. The number of ether oxygens (including phenoxy) is 2. The van der Waals surface area contributed by atoms with E-state index in [1.54, 1.807) is 0 Å². The molecule has 0 aliphatic heterocycles. The maximum absolute atomic E-state index is 13.1. The van der Waals surface area contributed by atoms with Gasteiger partial charge in [0.05, 0.1) is 6.04 Å². The SMILES string of the molecule is O=C(NN(C(=O)OCc1ccccc1)C(CCCO)Cc1ccccc1)OCc1ccccc1. The van der Waals surface area contributed by atoms with Gasteiger partial charge in [0.2, 0.25) is 0 Å². The van der Waals surface area contributed by atoms with Gasteiger partial charge in [0, 0.05) is 6.61 Å². The zero-order chi connectivity index (χ0) is 24.0. The van der Waals surface area contributed by atoms with Gasteiger partial charge in [-0.2, -0.15) is 0 Å². The molecular formula is C27H30N2O5. The lowest BCUT2D eigenvalue weighted by atomic mass is 10.0. The monoisotopic (exact) mass is 462 g/mol. The number of aliphatic hydroxyl groups is 1. The number of carbonyl (C=O) groups is 2. The van der Waals surface area contributed by atoms with Crippen molar-refractivity contribution in [3.63, 3.8) is 0 Å². The number of hydrazine groups is 1. The van der Waals surface area contributed by atoms with Gasteiger partial charge in [-0.3, -0.25) is 0 Å². The van der Waals surface area contributed by atoms with Gasteiger partial charge < -0.3 is 14.6 Å². The number of rotatable bonds is 10. The van der Waals surface area contributed by atoms with Gasteiger partial charge in [-0.15, -0.1) is 0 Å². The minimum Gasteiger partial charge on any atom is -0.443 e. The highest BCUT2D eigenvalue weighted by Gasteiger charge is 2.28. The van der Waals surface area contributed by atoms with Crippen LogP contribution in [0, 0.1) is 0 Å². The van der Waals surface area contributed by atoms with Crippen LogP contribution in [-0.2, 0) is 29.1 Å². The molecule has 0 spiro atoms. The molecule has 0 bridgehead atoms. The lowest BCUT2D eigenvalue weighted by Crippen LogP contribution is -2.53. The number of carbonyl (C=O) groups excluding carboxylic acids is 2. The first-order chi connectivity index (χ1) is 16.7. The summed E-state index contributed by atoms with van der Waals surface area (Å²) >= 11 is 0. The number of benzene rings is 3. The molecule has 1 unspecified atom stereocenters. The topological polar surface area (TPSA) is 88.1 Å². The lowest BCUT2D eigenvalue weighted by molar-refractivity contribution is 0.0430. The highest BCUT2D eigenvalue weighted by molar-refractivity contribution is 5.74. The van der Waals surface area contributed by atoms with Crippen molar-refractivity contribution >= 4 is 12.2 Å². The molecule has 3 rings (SSSR count). The number of aliphatic hydroxyl groups excluding tert-OH is 1. The van der Waals surface area contributed by atoms with E-state index in [1.165, 1.54) is 5.01 Å². The Morgan fingerprint density at radius 2 is 1.26 bits per heavy atom. The van der Waals surface area contributed by atoms with E-state index in [0.29, 0.717) is 19.3 Å². The molecule has 0 saturated carbocycles. The van der Waals surface area contributed by atoms with Crippen molar-refractivity contribution in [2.45, 2.75) is 38.5 Å². The maximum Gasteiger partial charge on any atom is 0.429 e. The summed E-state index contributed by atoms with van der Waals surface area (Å²) in [6.07, 6.45) is -0.0619. The summed E-state index contributed by atoms with van der Waals surface area (Å²) in [5, 5.41) is 10.6. The second kappa shape index (κ2) is 13.6. The highest BCUT2D eigenvalue weighted by Crippen LogP contribution is 2.15. The van der Waals surface area contributed by atoms with Crippen LogP contribution in [0.5, 0.6) is 0 Å². The zero-order valence-corrected chi connectivity index (χ0v) is 19.0. The van der Waals surface area contributed by atoms with Crippen LogP contribution in [0.2, 0.25) is 0 Å². The fourth-order valence-electron chi connectivity index (χ4n) is 3.46. The molecule has 0 heterocycles. The minimum absolute atomic E-state index is 0.0311. The van der Waals surface area contributed by atoms with Crippen molar-refractivity contribution in [1.82, 2.24) is 10.4 Å². The maximum atomic E-state index is 13.1. The predicted octanol–water partition coefficient (Wildman–Crippen LogP) is 4.85. The summed E-state index contributed by atoms with van der Waals surface area (Å²) in [7, 11) is 0. The molecule has 7 heteroatoms. The van der Waals surface area contributed by atoms with Gasteiger partial charge in [-0.1, -0.05) is 91.0 Å². The molecule has 0 radical (unpaired) electrons. The van der Waals surface area contributed by atoms with Gasteiger partial charge in [-0.05, 0) is 36.0 Å². The average Bonchev–Trinajstić information content (AvgIpc) is 2.89. The fourth-order valence-corrected chi connectivity index (χ4v) is 3.46. The highest BCUT2D eigenvalue weighted by atomic mass is 16.6. The first-order valence-electron chi connectivity index (χ1n) is 11.3. The molecule has 0 aliphatic rings. The molecule has 1 atom stereocenters. The van der Waals surface area contributed by atoms with Crippen LogP contribution < -0.4 is 5.43 Å². The van der Waals surface area contributed by atoms with E-state index in [-0.39, 0.29) is 19.8 Å². The standard InChI is InChI=1S/C27H30N2O5/c30-18-10-17-25(19-22-11-4-1-5-12-22)29(27(32)34-21-24-15-8-3-9-16-24)28-26(31)33-20-23-13-6-2-7-14-23/h1-9,11-16,25,30H,10,17-21H2,(H,28,31). The van der Waals surface area contributed by atoms with Crippen molar-refractivity contribution in [2.24, 2.45) is 0 Å². The van der Waals surface area contributed by atoms with E-state index in [2.05, 4.69) is 5.43 Å². The molecule has 2 amide bonds. The van der Waals surface area contributed by atoms with Gasteiger partial charge in [0.25, 0.3) is 0 Å². The summed E-state index contributed by atoms with van der Waals surface area (Å²) in [4.78, 5) is 25.7. The minimum atomic E-state index is -0.762. The second-order valence-corrected chi connectivity index (χ2v) is 7.79.